The van der Waals surface area contributed by atoms with Crippen molar-refractivity contribution < 1.29 is 9.84 Å². The largest absolute Gasteiger partial charge is 0.508 e. The lowest BCUT2D eigenvalue weighted by molar-refractivity contribution is 0.226. The smallest absolute Gasteiger partial charge is 0.121 e. The molecule has 2 aromatic rings. The van der Waals surface area contributed by atoms with E-state index in [2.05, 4.69) is 0 Å². The summed E-state index contributed by atoms with van der Waals surface area (Å²) in [5.74, 6) is 1.07. The summed E-state index contributed by atoms with van der Waals surface area (Å²) in [5, 5.41) is 9.44. The summed E-state index contributed by atoms with van der Waals surface area (Å²) in [7, 11) is 0. The van der Waals surface area contributed by atoms with Crippen LogP contribution in [-0.4, -0.2) is 5.11 Å². The summed E-state index contributed by atoms with van der Waals surface area (Å²) in [6.45, 7) is 3.87. The van der Waals surface area contributed by atoms with Crippen LogP contribution >= 0.6 is 0 Å². The third-order valence-corrected chi connectivity index (χ3v) is 2.75. The third kappa shape index (κ3) is 2.78. The second kappa shape index (κ2) is 4.91. The Labute approximate surface area is 101 Å². The number of hydrogen-bond acceptors (Lipinski definition) is 2. The second-order valence-electron chi connectivity index (χ2n) is 4.12. The molecule has 2 aromatic carbocycles. The number of ether oxygens (including phenoxy) is 1. The Hall–Kier alpha value is -1.96. The molecule has 0 aromatic heterocycles. The highest BCUT2D eigenvalue weighted by molar-refractivity contribution is 5.38. The molecule has 0 amide bonds. The summed E-state index contributed by atoms with van der Waals surface area (Å²) in [6, 6.07) is 15.3. The topological polar surface area (TPSA) is 29.5 Å². The summed E-state index contributed by atoms with van der Waals surface area (Å²) in [6.07, 6.45) is 0.000132. The molecule has 2 nitrogen and oxygen atoms in total. The number of benzene rings is 2. The maximum Gasteiger partial charge on any atom is 0.121 e. The lowest BCUT2D eigenvalue weighted by atomic mass is 10.1. The number of aromatic hydroxyl groups is 1. The van der Waals surface area contributed by atoms with Crippen LogP contribution in [0.5, 0.6) is 11.5 Å². The molecular weight excluding hydrogens is 212 g/mol. The molecule has 1 unspecified atom stereocenters. The number of phenols is 1. The summed E-state index contributed by atoms with van der Waals surface area (Å²) >= 11 is 0. The molecule has 2 heteroatoms. The van der Waals surface area contributed by atoms with Gasteiger partial charge in [0.15, 0.2) is 0 Å². The number of phenolic OH excluding ortho intramolecular Hbond substituents is 1. The van der Waals surface area contributed by atoms with E-state index in [1.807, 2.05) is 50.2 Å². The average Bonchev–Trinajstić information content (AvgIpc) is 2.35. The van der Waals surface area contributed by atoms with Gasteiger partial charge in [-0.3, -0.25) is 0 Å². The van der Waals surface area contributed by atoms with Crippen LogP contribution < -0.4 is 4.74 Å². The monoisotopic (exact) mass is 228 g/mol. The summed E-state index contributed by atoms with van der Waals surface area (Å²) < 4.78 is 5.83. The van der Waals surface area contributed by atoms with Crippen LogP contribution in [-0.2, 0) is 0 Å². The van der Waals surface area contributed by atoms with Gasteiger partial charge >= 0.3 is 0 Å². The highest BCUT2D eigenvalue weighted by Crippen LogP contribution is 2.26. The Balaban J connectivity index is 2.13. The van der Waals surface area contributed by atoms with Gasteiger partial charge in [-0.2, -0.15) is 0 Å². The molecule has 0 saturated heterocycles. The molecule has 0 spiro atoms. The minimum absolute atomic E-state index is 0.000132. The van der Waals surface area contributed by atoms with E-state index < -0.39 is 0 Å². The van der Waals surface area contributed by atoms with E-state index in [0.717, 1.165) is 16.9 Å². The lowest BCUT2D eigenvalue weighted by Crippen LogP contribution is -2.02. The molecule has 0 fully saturated rings. The van der Waals surface area contributed by atoms with Crippen LogP contribution in [0.1, 0.15) is 24.2 Å². The standard InChI is InChI=1S/C15H16O2/c1-11-10-14(8-9-15(11)16)17-12(2)13-6-4-3-5-7-13/h3-10,12,16H,1-2H3. The summed E-state index contributed by atoms with van der Waals surface area (Å²) in [5.41, 5.74) is 1.96. The molecule has 17 heavy (non-hydrogen) atoms. The van der Waals surface area contributed by atoms with E-state index in [0.29, 0.717) is 5.75 Å². The molecule has 0 bridgehead atoms. The van der Waals surface area contributed by atoms with Gasteiger partial charge in [-0.05, 0) is 43.2 Å². The predicted octanol–water partition coefficient (Wildman–Crippen LogP) is 3.84. The normalized spacial score (nSPS) is 12.1. The van der Waals surface area contributed by atoms with Crippen molar-refractivity contribution >= 4 is 0 Å². The molecule has 0 aliphatic heterocycles. The quantitative estimate of drug-likeness (QED) is 0.864. The molecule has 1 N–H and O–H groups in total. The number of rotatable bonds is 3. The van der Waals surface area contributed by atoms with Crippen LogP contribution in [0.3, 0.4) is 0 Å². The lowest BCUT2D eigenvalue weighted by Gasteiger charge is -2.15. The van der Waals surface area contributed by atoms with E-state index in [4.69, 9.17) is 4.74 Å². The van der Waals surface area contributed by atoms with E-state index in [1.54, 1.807) is 12.1 Å². The fourth-order valence-corrected chi connectivity index (χ4v) is 1.70. The predicted molar refractivity (Wildman–Crippen MR) is 68.3 cm³/mol. The van der Waals surface area contributed by atoms with E-state index in [9.17, 15) is 5.11 Å². The fourth-order valence-electron chi connectivity index (χ4n) is 1.70. The SMILES string of the molecule is Cc1cc(OC(C)c2ccccc2)ccc1O. The van der Waals surface area contributed by atoms with Gasteiger partial charge in [0.1, 0.15) is 17.6 Å². The van der Waals surface area contributed by atoms with Crippen molar-refractivity contribution in [3.63, 3.8) is 0 Å². The maximum absolute atomic E-state index is 9.44. The van der Waals surface area contributed by atoms with Crippen molar-refractivity contribution in [3.8, 4) is 11.5 Å². The zero-order chi connectivity index (χ0) is 12.3. The highest BCUT2D eigenvalue weighted by Gasteiger charge is 2.07. The Morgan fingerprint density at radius 3 is 2.41 bits per heavy atom. The third-order valence-electron chi connectivity index (χ3n) is 2.75. The Kier molecular flexibility index (Phi) is 3.33. The Morgan fingerprint density at radius 1 is 1.06 bits per heavy atom. The molecule has 2 rings (SSSR count). The summed E-state index contributed by atoms with van der Waals surface area (Å²) in [4.78, 5) is 0. The minimum atomic E-state index is 0.000132. The molecule has 88 valence electrons. The number of aryl methyl sites for hydroxylation is 1. The first kappa shape index (κ1) is 11.5. The van der Waals surface area contributed by atoms with Crippen LogP contribution in [0.25, 0.3) is 0 Å². The molecule has 0 radical (unpaired) electrons. The van der Waals surface area contributed by atoms with Crippen molar-refractivity contribution in [2.24, 2.45) is 0 Å². The van der Waals surface area contributed by atoms with Crippen LogP contribution in [0.4, 0.5) is 0 Å². The fraction of sp³-hybridized carbons (Fsp3) is 0.200. The maximum atomic E-state index is 9.44. The molecule has 0 heterocycles. The van der Waals surface area contributed by atoms with Crippen LogP contribution in [0, 0.1) is 6.92 Å². The van der Waals surface area contributed by atoms with Crippen LogP contribution in [0.15, 0.2) is 48.5 Å². The van der Waals surface area contributed by atoms with Crippen molar-refractivity contribution in [1.82, 2.24) is 0 Å². The van der Waals surface area contributed by atoms with Gasteiger partial charge < -0.3 is 9.84 Å². The van der Waals surface area contributed by atoms with Gasteiger partial charge in [0, 0.05) is 0 Å². The zero-order valence-electron chi connectivity index (χ0n) is 10.1. The first-order valence-corrected chi connectivity index (χ1v) is 5.68. The van der Waals surface area contributed by atoms with Gasteiger partial charge in [-0.15, -0.1) is 0 Å². The average molecular weight is 228 g/mol. The van der Waals surface area contributed by atoms with Crippen molar-refractivity contribution in [1.29, 1.82) is 0 Å². The van der Waals surface area contributed by atoms with Crippen molar-refractivity contribution in [3.05, 3.63) is 59.7 Å². The second-order valence-corrected chi connectivity index (χ2v) is 4.12. The highest BCUT2D eigenvalue weighted by atomic mass is 16.5. The van der Waals surface area contributed by atoms with Crippen molar-refractivity contribution in [2.75, 3.05) is 0 Å². The van der Waals surface area contributed by atoms with Gasteiger partial charge in [0.05, 0.1) is 0 Å². The Bertz CT molecular complexity index is 492. The molecule has 1 atom stereocenters. The number of hydrogen-bond donors (Lipinski definition) is 1. The molecule has 0 aliphatic rings. The van der Waals surface area contributed by atoms with Gasteiger partial charge in [-0.25, -0.2) is 0 Å². The Morgan fingerprint density at radius 2 is 1.76 bits per heavy atom. The minimum Gasteiger partial charge on any atom is -0.508 e. The van der Waals surface area contributed by atoms with Gasteiger partial charge in [0.2, 0.25) is 0 Å². The molecule has 0 aliphatic carbocycles. The zero-order valence-corrected chi connectivity index (χ0v) is 10.1. The molecule has 0 saturated carbocycles. The van der Waals surface area contributed by atoms with Gasteiger partial charge in [0.25, 0.3) is 0 Å². The van der Waals surface area contributed by atoms with Crippen LogP contribution in [0.2, 0.25) is 0 Å². The van der Waals surface area contributed by atoms with Gasteiger partial charge in [-0.1, -0.05) is 30.3 Å². The first-order chi connectivity index (χ1) is 8.16. The van der Waals surface area contributed by atoms with E-state index in [-0.39, 0.29) is 6.10 Å². The van der Waals surface area contributed by atoms with E-state index in [1.165, 1.54) is 0 Å². The van der Waals surface area contributed by atoms with Crippen molar-refractivity contribution in [2.45, 2.75) is 20.0 Å². The van der Waals surface area contributed by atoms with E-state index >= 15 is 0 Å². The first-order valence-electron chi connectivity index (χ1n) is 5.68. The molecular formula is C15H16O2.